The Hall–Kier alpha value is -2.58. The molecule has 0 spiro atoms. The van der Waals surface area contributed by atoms with Crippen LogP contribution in [0.25, 0.3) is 0 Å². The van der Waals surface area contributed by atoms with Crippen molar-refractivity contribution >= 4 is 11.4 Å². The summed E-state index contributed by atoms with van der Waals surface area (Å²) in [5, 5.41) is 0. The van der Waals surface area contributed by atoms with Crippen LogP contribution in [0.4, 0.5) is 37.7 Å². The zero-order chi connectivity index (χ0) is 20.2. The van der Waals surface area contributed by atoms with Gasteiger partial charge in [-0.2, -0.15) is 26.3 Å². The lowest BCUT2D eigenvalue weighted by atomic mass is 10.2. The molecular formula is C18H18F6N2O. The van der Waals surface area contributed by atoms with Crippen molar-refractivity contribution in [3.05, 3.63) is 48.5 Å². The summed E-state index contributed by atoms with van der Waals surface area (Å²) in [7, 11) is 2.67. The second kappa shape index (κ2) is 7.98. The third kappa shape index (κ3) is 6.92. The Morgan fingerprint density at radius 3 is 1.19 bits per heavy atom. The number of anilines is 2. The van der Waals surface area contributed by atoms with Crippen LogP contribution in [0.3, 0.4) is 0 Å². The number of alkyl halides is 6. The predicted molar refractivity (Wildman–Crippen MR) is 91.6 cm³/mol. The fraction of sp³-hybridized carbons (Fsp3) is 0.333. The molecule has 0 heterocycles. The summed E-state index contributed by atoms with van der Waals surface area (Å²) in [5.41, 5.74) is 0.757. The molecule has 27 heavy (non-hydrogen) atoms. The third-order valence-electron chi connectivity index (χ3n) is 3.62. The van der Waals surface area contributed by atoms with Crippen molar-refractivity contribution in [2.75, 3.05) is 37.0 Å². The normalized spacial score (nSPS) is 12.0. The summed E-state index contributed by atoms with van der Waals surface area (Å²) >= 11 is 0. The molecule has 2 aromatic carbocycles. The Morgan fingerprint density at radius 2 is 0.926 bits per heavy atom. The van der Waals surface area contributed by atoms with Gasteiger partial charge in [0.25, 0.3) is 0 Å². The van der Waals surface area contributed by atoms with Gasteiger partial charge < -0.3 is 14.5 Å². The molecule has 2 rings (SSSR count). The van der Waals surface area contributed by atoms with E-state index in [9.17, 15) is 26.3 Å². The van der Waals surface area contributed by atoms with Crippen LogP contribution in [0, 0.1) is 0 Å². The lowest BCUT2D eigenvalue weighted by Crippen LogP contribution is -2.30. The zero-order valence-electron chi connectivity index (χ0n) is 14.6. The van der Waals surface area contributed by atoms with Crippen LogP contribution in [0.1, 0.15) is 0 Å². The first-order valence-electron chi connectivity index (χ1n) is 7.87. The molecule has 9 heteroatoms. The topological polar surface area (TPSA) is 15.7 Å². The van der Waals surface area contributed by atoms with Crippen molar-refractivity contribution in [2.24, 2.45) is 0 Å². The van der Waals surface area contributed by atoms with E-state index < -0.39 is 25.4 Å². The lowest BCUT2D eigenvalue weighted by Gasteiger charge is -2.21. The average molecular weight is 392 g/mol. The van der Waals surface area contributed by atoms with Gasteiger partial charge in [0.05, 0.1) is 0 Å². The fourth-order valence-electron chi connectivity index (χ4n) is 2.39. The van der Waals surface area contributed by atoms with Gasteiger partial charge in [-0.3, -0.25) is 0 Å². The highest BCUT2D eigenvalue weighted by molar-refractivity contribution is 5.51. The Balaban J connectivity index is 1.99. The fourth-order valence-corrected chi connectivity index (χ4v) is 2.39. The maximum Gasteiger partial charge on any atom is 0.405 e. The average Bonchev–Trinajstić information content (AvgIpc) is 2.53. The molecule has 148 valence electrons. The first-order valence-corrected chi connectivity index (χ1v) is 7.87. The van der Waals surface area contributed by atoms with Gasteiger partial charge >= 0.3 is 12.4 Å². The molecule has 0 fully saturated rings. The molecule has 3 nitrogen and oxygen atoms in total. The van der Waals surface area contributed by atoms with E-state index in [1.165, 1.54) is 62.6 Å². The molecule has 0 N–H and O–H groups in total. The summed E-state index contributed by atoms with van der Waals surface area (Å²) in [6, 6.07) is 12.0. The molecular weight excluding hydrogens is 374 g/mol. The molecule has 0 aromatic heterocycles. The highest BCUT2D eigenvalue weighted by Gasteiger charge is 2.30. The van der Waals surface area contributed by atoms with E-state index in [4.69, 9.17) is 4.74 Å². The monoisotopic (exact) mass is 392 g/mol. The maximum absolute atomic E-state index is 12.4. The van der Waals surface area contributed by atoms with E-state index in [2.05, 4.69) is 0 Å². The largest absolute Gasteiger partial charge is 0.457 e. The van der Waals surface area contributed by atoms with E-state index in [-0.39, 0.29) is 0 Å². The number of nitrogens with zero attached hydrogens (tertiary/aromatic N) is 2. The van der Waals surface area contributed by atoms with E-state index in [1.54, 1.807) is 0 Å². The standard InChI is InChI=1S/C18H18F6N2O/c1-25(11-17(19,20)21)13-3-7-15(8-4-13)27-16-9-5-14(6-10-16)26(2)12-18(22,23)24/h3-10H,11-12H2,1-2H3. The second-order valence-electron chi connectivity index (χ2n) is 6.03. The van der Waals surface area contributed by atoms with Crippen molar-refractivity contribution in [3.8, 4) is 11.5 Å². The highest BCUT2D eigenvalue weighted by atomic mass is 19.4. The molecule has 0 saturated carbocycles. The van der Waals surface area contributed by atoms with Gasteiger partial charge in [-0.1, -0.05) is 0 Å². The van der Waals surface area contributed by atoms with Gasteiger partial charge in [0.2, 0.25) is 0 Å². The predicted octanol–water partition coefficient (Wildman–Crippen LogP) is 5.48. The summed E-state index contributed by atoms with van der Waals surface area (Å²) in [4.78, 5) is 2.13. The minimum Gasteiger partial charge on any atom is -0.457 e. The van der Waals surface area contributed by atoms with Crippen LogP contribution in [0.5, 0.6) is 11.5 Å². The minimum absolute atomic E-state index is 0.379. The van der Waals surface area contributed by atoms with Crippen LogP contribution in [-0.4, -0.2) is 39.5 Å². The number of benzene rings is 2. The highest BCUT2D eigenvalue weighted by Crippen LogP contribution is 2.28. The molecule has 2 aromatic rings. The molecule has 0 saturated heterocycles. The molecule has 0 aliphatic rings. The molecule has 0 atom stereocenters. The van der Waals surface area contributed by atoms with Crippen molar-refractivity contribution < 1.29 is 31.1 Å². The third-order valence-corrected chi connectivity index (χ3v) is 3.62. The van der Waals surface area contributed by atoms with Crippen molar-refractivity contribution in [3.63, 3.8) is 0 Å². The molecule has 0 aliphatic carbocycles. The lowest BCUT2D eigenvalue weighted by molar-refractivity contribution is -0.120. The van der Waals surface area contributed by atoms with Crippen molar-refractivity contribution in [1.82, 2.24) is 0 Å². The molecule has 0 amide bonds. The smallest absolute Gasteiger partial charge is 0.405 e. The summed E-state index contributed by atoms with van der Waals surface area (Å²) < 4.78 is 80.0. The Kier molecular flexibility index (Phi) is 6.12. The van der Waals surface area contributed by atoms with E-state index in [1.807, 2.05) is 0 Å². The molecule has 0 unspecified atom stereocenters. The quantitative estimate of drug-likeness (QED) is 0.606. The van der Waals surface area contributed by atoms with Crippen LogP contribution < -0.4 is 14.5 Å². The number of hydrogen-bond acceptors (Lipinski definition) is 3. The maximum atomic E-state index is 12.4. The van der Waals surface area contributed by atoms with Crippen molar-refractivity contribution in [1.29, 1.82) is 0 Å². The van der Waals surface area contributed by atoms with Crippen LogP contribution in [-0.2, 0) is 0 Å². The van der Waals surface area contributed by atoms with Gasteiger partial charge in [-0.25, -0.2) is 0 Å². The van der Waals surface area contributed by atoms with Gasteiger partial charge in [-0.15, -0.1) is 0 Å². The molecule has 0 radical (unpaired) electrons. The van der Waals surface area contributed by atoms with Gasteiger partial charge in [0.1, 0.15) is 24.6 Å². The van der Waals surface area contributed by atoms with Crippen LogP contribution >= 0.6 is 0 Å². The number of rotatable bonds is 6. The Labute approximate surface area is 152 Å². The van der Waals surface area contributed by atoms with Crippen LogP contribution in [0.15, 0.2) is 48.5 Å². The number of hydrogen-bond donors (Lipinski definition) is 0. The van der Waals surface area contributed by atoms with E-state index >= 15 is 0 Å². The van der Waals surface area contributed by atoms with Gasteiger partial charge in [0.15, 0.2) is 0 Å². The summed E-state index contributed by atoms with van der Waals surface area (Å²) in [6.07, 6.45) is -8.60. The van der Waals surface area contributed by atoms with Crippen LogP contribution in [0.2, 0.25) is 0 Å². The van der Waals surface area contributed by atoms with E-state index in [0.29, 0.717) is 22.9 Å². The second-order valence-corrected chi connectivity index (χ2v) is 6.03. The molecule has 0 bridgehead atoms. The van der Waals surface area contributed by atoms with Gasteiger partial charge in [0, 0.05) is 25.5 Å². The van der Waals surface area contributed by atoms with E-state index in [0.717, 1.165) is 9.80 Å². The Morgan fingerprint density at radius 1 is 0.630 bits per heavy atom. The minimum atomic E-state index is -4.30. The number of halogens is 6. The summed E-state index contributed by atoms with van der Waals surface area (Å²) in [5.74, 6) is 0.797. The SMILES string of the molecule is CN(CC(F)(F)F)c1ccc(Oc2ccc(N(C)CC(F)(F)F)cc2)cc1. The first-order chi connectivity index (χ1) is 12.4. The first kappa shape index (κ1) is 20.7. The molecule has 0 aliphatic heterocycles. The van der Waals surface area contributed by atoms with Crippen molar-refractivity contribution in [2.45, 2.75) is 12.4 Å². The van der Waals surface area contributed by atoms with Gasteiger partial charge in [-0.05, 0) is 48.5 Å². The zero-order valence-corrected chi connectivity index (χ0v) is 14.6. The Bertz CT molecular complexity index is 662. The summed E-state index contributed by atoms with van der Waals surface area (Å²) in [6.45, 7) is -2.14. The number of ether oxygens (including phenoxy) is 1.